The second-order valence-corrected chi connectivity index (χ2v) is 6.72. The van der Waals surface area contributed by atoms with Gasteiger partial charge in [0.2, 0.25) is 0 Å². The van der Waals surface area contributed by atoms with Crippen LogP contribution in [0.2, 0.25) is 0 Å². The third-order valence-corrected chi connectivity index (χ3v) is 5.09. The molecule has 0 radical (unpaired) electrons. The minimum atomic E-state index is -0.222. The normalized spacial score (nSPS) is 12.5. The molecular formula is C16H16Br2FN. The Morgan fingerprint density at radius 2 is 1.70 bits per heavy atom. The summed E-state index contributed by atoms with van der Waals surface area (Å²) in [5.74, 6) is -0.222. The Morgan fingerprint density at radius 3 is 2.25 bits per heavy atom. The van der Waals surface area contributed by atoms with Crippen molar-refractivity contribution in [1.82, 2.24) is 0 Å². The molecule has 2 aromatic carbocycles. The molecule has 1 atom stereocenters. The zero-order valence-electron chi connectivity index (χ0n) is 11.4. The summed E-state index contributed by atoms with van der Waals surface area (Å²) in [6.45, 7) is 4.07. The van der Waals surface area contributed by atoms with Crippen LogP contribution >= 0.6 is 31.9 Å². The summed E-state index contributed by atoms with van der Waals surface area (Å²) in [6, 6.07) is 8.98. The van der Waals surface area contributed by atoms with Crippen molar-refractivity contribution in [2.45, 2.75) is 26.3 Å². The molecule has 0 aliphatic carbocycles. The summed E-state index contributed by atoms with van der Waals surface area (Å²) < 4.78 is 15.7. The van der Waals surface area contributed by atoms with Crippen LogP contribution in [0.4, 0.5) is 4.39 Å². The molecule has 0 aromatic heterocycles. The second kappa shape index (κ2) is 6.37. The molecule has 0 amide bonds. The summed E-state index contributed by atoms with van der Waals surface area (Å²) in [5.41, 5.74) is 10.2. The van der Waals surface area contributed by atoms with E-state index in [1.54, 1.807) is 6.07 Å². The average molecular weight is 401 g/mol. The van der Waals surface area contributed by atoms with Gasteiger partial charge in [0.15, 0.2) is 0 Å². The van der Waals surface area contributed by atoms with E-state index in [2.05, 4.69) is 44.0 Å². The molecule has 0 saturated carbocycles. The van der Waals surface area contributed by atoms with Crippen molar-refractivity contribution in [2.75, 3.05) is 0 Å². The predicted octanol–water partition coefficient (Wildman–Crippen LogP) is 5.21. The Hall–Kier alpha value is -0.710. The van der Waals surface area contributed by atoms with Crippen LogP contribution in [0.15, 0.2) is 39.3 Å². The Labute approximate surface area is 135 Å². The molecule has 1 nitrogen and oxygen atoms in total. The Kier molecular flexibility index (Phi) is 4.99. The zero-order chi connectivity index (χ0) is 14.9. The number of rotatable bonds is 3. The lowest BCUT2D eigenvalue weighted by atomic mass is 9.96. The van der Waals surface area contributed by atoms with E-state index in [1.807, 2.05) is 19.9 Å². The first-order valence-corrected chi connectivity index (χ1v) is 7.93. The summed E-state index contributed by atoms with van der Waals surface area (Å²) in [6.07, 6.45) is 0.486. The van der Waals surface area contributed by atoms with Crippen molar-refractivity contribution >= 4 is 31.9 Å². The highest BCUT2D eigenvalue weighted by Crippen LogP contribution is 2.27. The van der Waals surface area contributed by atoms with E-state index < -0.39 is 0 Å². The van der Waals surface area contributed by atoms with Gasteiger partial charge in [-0.05, 0) is 54.7 Å². The van der Waals surface area contributed by atoms with Crippen molar-refractivity contribution in [3.8, 4) is 0 Å². The Balaban J connectivity index is 2.26. The maximum atomic E-state index is 13.9. The maximum Gasteiger partial charge on any atom is 0.127 e. The molecule has 2 N–H and O–H groups in total. The van der Waals surface area contributed by atoms with Crippen LogP contribution in [0.1, 0.15) is 28.3 Å². The zero-order valence-corrected chi connectivity index (χ0v) is 14.6. The SMILES string of the molecule is Cc1cc(C(N)Cc2ccc(Br)cc2F)cc(C)c1Br. The molecule has 0 saturated heterocycles. The van der Waals surface area contributed by atoms with Crippen molar-refractivity contribution in [3.63, 3.8) is 0 Å². The molecule has 20 heavy (non-hydrogen) atoms. The first kappa shape index (κ1) is 15.7. The molecule has 2 rings (SSSR count). The van der Waals surface area contributed by atoms with Gasteiger partial charge in [0.05, 0.1) is 0 Å². The molecule has 0 bridgehead atoms. The van der Waals surface area contributed by atoms with Crippen LogP contribution in [0.3, 0.4) is 0 Å². The Morgan fingerprint density at radius 1 is 1.10 bits per heavy atom. The smallest absolute Gasteiger partial charge is 0.127 e. The minimum Gasteiger partial charge on any atom is -0.324 e. The van der Waals surface area contributed by atoms with Crippen molar-refractivity contribution in [3.05, 3.63) is 67.3 Å². The van der Waals surface area contributed by atoms with Crippen LogP contribution in [-0.2, 0) is 6.42 Å². The number of benzene rings is 2. The number of hydrogen-bond acceptors (Lipinski definition) is 1. The third-order valence-electron chi connectivity index (χ3n) is 3.34. The van der Waals surface area contributed by atoms with Gasteiger partial charge in [-0.2, -0.15) is 0 Å². The lowest BCUT2D eigenvalue weighted by Crippen LogP contribution is -2.14. The second-order valence-electron chi connectivity index (χ2n) is 5.02. The standard InChI is InChI=1S/C16H16Br2FN/c1-9-5-12(6-10(2)16(9)18)15(20)7-11-3-4-13(17)8-14(11)19/h3-6,8,15H,7,20H2,1-2H3. The lowest BCUT2D eigenvalue weighted by molar-refractivity contribution is 0.592. The highest BCUT2D eigenvalue weighted by atomic mass is 79.9. The quantitative estimate of drug-likeness (QED) is 0.751. The number of hydrogen-bond donors (Lipinski definition) is 1. The molecule has 1 unspecified atom stereocenters. The van der Waals surface area contributed by atoms with Crippen LogP contribution < -0.4 is 5.73 Å². The van der Waals surface area contributed by atoms with Gasteiger partial charge >= 0.3 is 0 Å². The molecule has 0 fully saturated rings. The lowest BCUT2D eigenvalue weighted by Gasteiger charge is -2.15. The molecule has 0 aliphatic heterocycles. The van der Waals surface area contributed by atoms with E-state index in [-0.39, 0.29) is 11.9 Å². The van der Waals surface area contributed by atoms with Crippen molar-refractivity contribution in [1.29, 1.82) is 0 Å². The molecule has 2 aromatic rings. The fourth-order valence-electron chi connectivity index (χ4n) is 2.24. The van der Waals surface area contributed by atoms with Gasteiger partial charge in [-0.15, -0.1) is 0 Å². The van der Waals surface area contributed by atoms with E-state index in [4.69, 9.17) is 5.73 Å². The molecule has 0 heterocycles. The van der Waals surface area contributed by atoms with Gasteiger partial charge in [0.25, 0.3) is 0 Å². The van der Waals surface area contributed by atoms with E-state index in [0.29, 0.717) is 12.0 Å². The molecule has 0 aliphatic rings. The van der Waals surface area contributed by atoms with Gasteiger partial charge in [0.1, 0.15) is 5.82 Å². The van der Waals surface area contributed by atoms with Crippen LogP contribution in [0.25, 0.3) is 0 Å². The summed E-state index contributed by atoms with van der Waals surface area (Å²) in [7, 11) is 0. The first-order valence-electron chi connectivity index (χ1n) is 6.34. The van der Waals surface area contributed by atoms with Gasteiger partial charge in [-0.3, -0.25) is 0 Å². The van der Waals surface area contributed by atoms with Gasteiger partial charge in [-0.25, -0.2) is 4.39 Å². The summed E-state index contributed by atoms with van der Waals surface area (Å²) in [5, 5.41) is 0. The monoisotopic (exact) mass is 399 g/mol. The molecule has 0 spiro atoms. The van der Waals surface area contributed by atoms with Crippen molar-refractivity contribution < 1.29 is 4.39 Å². The fourth-order valence-corrected chi connectivity index (χ4v) is 2.80. The topological polar surface area (TPSA) is 26.0 Å². The van der Waals surface area contributed by atoms with Gasteiger partial charge in [0, 0.05) is 15.0 Å². The number of aryl methyl sites for hydroxylation is 2. The van der Waals surface area contributed by atoms with Crippen molar-refractivity contribution in [2.24, 2.45) is 5.73 Å². The maximum absolute atomic E-state index is 13.9. The number of halogens is 3. The van der Waals surface area contributed by atoms with Gasteiger partial charge < -0.3 is 5.73 Å². The predicted molar refractivity (Wildman–Crippen MR) is 88.3 cm³/mol. The Bertz CT molecular complexity index is 617. The molecule has 106 valence electrons. The summed E-state index contributed by atoms with van der Waals surface area (Å²) >= 11 is 6.80. The van der Waals surface area contributed by atoms with Gasteiger partial charge in [-0.1, -0.05) is 50.1 Å². The van der Waals surface area contributed by atoms with E-state index >= 15 is 0 Å². The van der Waals surface area contributed by atoms with Crippen LogP contribution in [0.5, 0.6) is 0 Å². The number of nitrogens with two attached hydrogens (primary N) is 1. The van der Waals surface area contributed by atoms with E-state index in [0.717, 1.165) is 25.6 Å². The minimum absolute atomic E-state index is 0.212. The fraction of sp³-hybridized carbons (Fsp3) is 0.250. The van der Waals surface area contributed by atoms with E-state index in [9.17, 15) is 4.39 Å². The average Bonchev–Trinajstić information content (AvgIpc) is 2.38. The highest BCUT2D eigenvalue weighted by Gasteiger charge is 2.13. The van der Waals surface area contributed by atoms with Crippen LogP contribution in [0, 0.1) is 19.7 Å². The highest BCUT2D eigenvalue weighted by molar-refractivity contribution is 9.10. The molecule has 4 heteroatoms. The third kappa shape index (κ3) is 3.48. The molecular weight excluding hydrogens is 385 g/mol. The largest absolute Gasteiger partial charge is 0.324 e. The van der Waals surface area contributed by atoms with E-state index in [1.165, 1.54) is 6.07 Å². The van der Waals surface area contributed by atoms with Crippen LogP contribution in [-0.4, -0.2) is 0 Å². The first-order chi connectivity index (χ1) is 9.38. The summed E-state index contributed by atoms with van der Waals surface area (Å²) in [4.78, 5) is 0.